The maximum atomic E-state index is 12.7. The van der Waals surface area contributed by atoms with Crippen LogP contribution in [0.5, 0.6) is 0 Å². The predicted molar refractivity (Wildman–Crippen MR) is 104 cm³/mol. The number of rotatable bonds is 3. The van der Waals surface area contributed by atoms with Crippen LogP contribution in [0.3, 0.4) is 0 Å². The monoisotopic (exact) mass is 370 g/mol. The van der Waals surface area contributed by atoms with Crippen molar-refractivity contribution in [2.45, 2.75) is 88.9 Å². The Labute approximate surface area is 161 Å². The van der Waals surface area contributed by atoms with E-state index in [9.17, 15) is 9.59 Å². The molecule has 146 valence electrons. The van der Waals surface area contributed by atoms with Gasteiger partial charge in [0.15, 0.2) is 0 Å². The molecule has 1 aliphatic carbocycles. The number of carbonyl (C=O) groups excluding carboxylic acids is 2. The Morgan fingerprint density at radius 1 is 1.00 bits per heavy atom. The van der Waals surface area contributed by atoms with E-state index < -0.39 is 5.60 Å². The van der Waals surface area contributed by atoms with E-state index in [1.54, 1.807) is 0 Å². The van der Waals surface area contributed by atoms with E-state index in [-0.39, 0.29) is 30.1 Å². The van der Waals surface area contributed by atoms with Crippen LogP contribution in [0.1, 0.15) is 81.1 Å². The molecule has 3 fully saturated rings. The number of amides is 2. The largest absolute Gasteiger partial charge is 0.444 e. The van der Waals surface area contributed by atoms with Gasteiger partial charge in [-0.25, -0.2) is 4.79 Å². The van der Waals surface area contributed by atoms with Gasteiger partial charge in [0.25, 0.3) is 5.91 Å². The van der Waals surface area contributed by atoms with E-state index in [4.69, 9.17) is 4.74 Å². The lowest BCUT2D eigenvalue weighted by atomic mass is 9.97. The summed E-state index contributed by atoms with van der Waals surface area (Å²) in [4.78, 5) is 27.3. The zero-order valence-electron chi connectivity index (χ0n) is 16.5. The molecule has 3 atom stereocenters. The Balaban J connectivity index is 1.42. The van der Waals surface area contributed by atoms with Crippen LogP contribution in [-0.2, 0) is 4.74 Å². The zero-order chi connectivity index (χ0) is 19.2. The molecule has 4 rings (SSSR count). The fourth-order valence-electron chi connectivity index (χ4n) is 4.50. The number of nitrogens with one attached hydrogen (secondary N) is 1. The molecule has 3 aliphatic rings. The first-order valence-corrected chi connectivity index (χ1v) is 10.2. The average molecular weight is 370 g/mol. The van der Waals surface area contributed by atoms with Crippen molar-refractivity contribution in [3.05, 3.63) is 35.4 Å². The number of ether oxygens (including phenoxy) is 1. The average Bonchev–Trinajstić information content (AvgIpc) is 3.39. The summed E-state index contributed by atoms with van der Waals surface area (Å²) in [6, 6.07) is 8.28. The molecule has 1 saturated carbocycles. The van der Waals surface area contributed by atoms with Gasteiger partial charge >= 0.3 is 6.09 Å². The number of fused-ring (bicyclic) bond motifs is 2. The molecule has 5 heteroatoms. The van der Waals surface area contributed by atoms with E-state index in [0.29, 0.717) is 11.5 Å². The van der Waals surface area contributed by atoms with Crippen molar-refractivity contribution < 1.29 is 14.3 Å². The summed E-state index contributed by atoms with van der Waals surface area (Å²) in [6.45, 7) is 5.67. The number of piperidine rings is 1. The smallest absolute Gasteiger partial charge is 0.410 e. The van der Waals surface area contributed by atoms with Crippen LogP contribution in [-0.4, -0.2) is 40.6 Å². The van der Waals surface area contributed by atoms with Gasteiger partial charge in [0.05, 0.1) is 6.04 Å². The first kappa shape index (κ1) is 18.3. The molecular weight excluding hydrogens is 340 g/mol. The van der Waals surface area contributed by atoms with Gasteiger partial charge in [-0.1, -0.05) is 12.1 Å². The lowest BCUT2D eigenvalue weighted by molar-refractivity contribution is 0.00274. The summed E-state index contributed by atoms with van der Waals surface area (Å²) in [6.07, 6.45) is 6.03. The van der Waals surface area contributed by atoms with Crippen molar-refractivity contribution in [1.29, 1.82) is 0 Å². The lowest BCUT2D eigenvalue weighted by Gasteiger charge is -2.40. The summed E-state index contributed by atoms with van der Waals surface area (Å²) < 4.78 is 5.61. The molecule has 3 unspecified atom stereocenters. The maximum Gasteiger partial charge on any atom is 0.410 e. The second-order valence-electron chi connectivity index (χ2n) is 9.24. The molecule has 1 aromatic carbocycles. The zero-order valence-corrected chi connectivity index (χ0v) is 16.5. The predicted octanol–water partition coefficient (Wildman–Crippen LogP) is 4.22. The van der Waals surface area contributed by atoms with Gasteiger partial charge in [-0.3, -0.25) is 4.79 Å². The normalized spacial score (nSPS) is 27.4. The molecule has 1 N–H and O–H groups in total. The Kier molecular flexibility index (Phi) is 4.65. The van der Waals surface area contributed by atoms with Crippen molar-refractivity contribution in [2.75, 3.05) is 0 Å². The van der Waals surface area contributed by atoms with Crippen LogP contribution in [0.25, 0.3) is 0 Å². The van der Waals surface area contributed by atoms with Crippen molar-refractivity contribution in [3.63, 3.8) is 0 Å². The Morgan fingerprint density at radius 2 is 1.67 bits per heavy atom. The summed E-state index contributed by atoms with van der Waals surface area (Å²) in [7, 11) is 0. The molecular formula is C22H30N2O3. The van der Waals surface area contributed by atoms with Crippen molar-refractivity contribution in [1.82, 2.24) is 10.2 Å². The number of benzene rings is 1. The summed E-state index contributed by atoms with van der Waals surface area (Å²) in [5.41, 5.74) is 1.53. The Hall–Kier alpha value is -2.04. The third kappa shape index (κ3) is 3.97. The highest BCUT2D eigenvalue weighted by Gasteiger charge is 2.46. The van der Waals surface area contributed by atoms with E-state index in [2.05, 4.69) is 17.4 Å². The first-order chi connectivity index (χ1) is 12.8. The summed E-state index contributed by atoms with van der Waals surface area (Å²) in [5.74, 6) is 0.648. The van der Waals surface area contributed by atoms with Crippen LogP contribution in [0.2, 0.25) is 0 Å². The highest BCUT2D eigenvalue weighted by atomic mass is 16.6. The Bertz CT molecular complexity index is 718. The fraction of sp³-hybridized carbons (Fsp3) is 0.636. The van der Waals surface area contributed by atoms with Crippen LogP contribution in [0.15, 0.2) is 24.3 Å². The van der Waals surface area contributed by atoms with Gasteiger partial charge in [0.1, 0.15) is 5.60 Å². The third-order valence-corrected chi connectivity index (χ3v) is 5.96. The van der Waals surface area contributed by atoms with Crippen LogP contribution < -0.4 is 5.32 Å². The highest BCUT2D eigenvalue weighted by Crippen LogP contribution is 2.40. The van der Waals surface area contributed by atoms with Crippen LogP contribution >= 0.6 is 0 Å². The molecule has 2 saturated heterocycles. The van der Waals surface area contributed by atoms with Crippen LogP contribution in [0, 0.1) is 0 Å². The first-order valence-electron chi connectivity index (χ1n) is 10.2. The molecule has 2 amide bonds. The summed E-state index contributed by atoms with van der Waals surface area (Å²) >= 11 is 0. The molecule has 2 bridgehead atoms. The second-order valence-corrected chi connectivity index (χ2v) is 9.24. The topological polar surface area (TPSA) is 58.6 Å². The molecule has 1 aromatic rings. The molecule has 0 aromatic heterocycles. The maximum absolute atomic E-state index is 12.7. The van der Waals surface area contributed by atoms with E-state index in [0.717, 1.165) is 25.7 Å². The van der Waals surface area contributed by atoms with Gasteiger partial charge in [-0.05, 0) is 82.9 Å². The minimum absolute atomic E-state index is 0.00752. The highest BCUT2D eigenvalue weighted by molar-refractivity contribution is 5.94. The second kappa shape index (κ2) is 6.84. The molecule has 2 aliphatic heterocycles. The number of carbonyl (C=O) groups is 2. The molecule has 2 heterocycles. The van der Waals surface area contributed by atoms with E-state index in [1.165, 1.54) is 18.4 Å². The van der Waals surface area contributed by atoms with E-state index in [1.807, 2.05) is 37.8 Å². The molecule has 5 nitrogen and oxygen atoms in total. The van der Waals surface area contributed by atoms with Crippen molar-refractivity contribution in [3.8, 4) is 0 Å². The SMILES string of the molecule is CC(C)(C)OC(=O)N1C2CCC(NC(=O)c3ccc(C4CC4)cc3)C1CC2. The molecule has 27 heavy (non-hydrogen) atoms. The number of hydrogen-bond donors (Lipinski definition) is 1. The fourth-order valence-corrected chi connectivity index (χ4v) is 4.50. The van der Waals surface area contributed by atoms with Crippen molar-refractivity contribution >= 4 is 12.0 Å². The number of nitrogens with zero attached hydrogens (tertiary/aromatic N) is 1. The quantitative estimate of drug-likeness (QED) is 0.866. The lowest BCUT2D eigenvalue weighted by Crippen LogP contribution is -2.57. The number of hydrogen-bond acceptors (Lipinski definition) is 3. The van der Waals surface area contributed by atoms with Gasteiger partial charge < -0.3 is 15.0 Å². The van der Waals surface area contributed by atoms with Gasteiger partial charge in [-0.2, -0.15) is 0 Å². The van der Waals surface area contributed by atoms with Gasteiger partial charge in [-0.15, -0.1) is 0 Å². The molecule has 0 spiro atoms. The third-order valence-electron chi connectivity index (χ3n) is 5.96. The van der Waals surface area contributed by atoms with Crippen LogP contribution in [0.4, 0.5) is 4.79 Å². The summed E-state index contributed by atoms with van der Waals surface area (Å²) in [5, 5.41) is 3.19. The van der Waals surface area contributed by atoms with Crippen molar-refractivity contribution in [2.24, 2.45) is 0 Å². The Morgan fingerprint density at radius 3 is 2.30 bits per heavy atom. The standard InChI is InChI=1S/C22H30N2O3/c1-22(2,3)27-21(26)24-17-10-12-18(19(24)13-11-17)23-20(25)16-8-6-15(7-9-16)14-4-5-14/h6-9,14,17-19H,4-5,10-13H2,1-3H3,(H,23,25). The molecule has 0 radical (unpaired) electrons. The van der Waals surface area contributed by atoms with E-state index >= 15 is 0 Å². The minimum Gasteiger partial charge on any atom is -0.444 e. The van der Waals surface area contributed by atoms with Gasteiger partial charge in [0, 0.05) is 17.6 Å². The van der Waals surface area contributed by atoms with Gasteiger partial charge in [0.2, 0.25) is 0 Å². The minimum atomic E-state index is -0.504.